The van der Waals surface area contributed by atoms with Gasteiger partial charge in [0.05, 0.1) is 19.8 Å². The van der Waals surface area contributed by atoms with Crippen molar-refractivity contribution in [2.24, 2.45) is 0 Å². The summed E-state index contributed by atoms with van der Waals surface area (Å²) in [5.41, 5.74) is 0. The molecule has 1 heterocycles. The van der Waals surface area contributed by atoms with E-state index in [9.17, 15) is 20.4 Å². The summed E-state index contributed by atoms with van der Waals surface area (Å²) < 4.78 is 9.96. The third-order valence-electron chi connectivity index (χ3n) is 2.91. The predicted molar refractivity (Wildman–Crippen MR) is 58.8 cm³/mol. The van der Waals surface area contributed by atoms with E-state index in [0.29, 0.717) is 0 Å². The van der Waals surface area contributed by atoms with Crippen molar-refractivity contribution >= 4 is 0 Å². The lowest BCUT2D eigenvalue weighted by Gasteiger charge is -2.39. The van der Waals surface area contributed by atoms with Crippen LogP contribution in [0, 0.1) is 0 Å². The van der Waals surface area contributed by atoms with E-state index in [2.05, 4.69) is 0 Å². The lowest BCUT2D eigenvalue weighted by atomic mass is 9.99. The van der Waals surface area contributed by atoms with Crippen LogP contribution in [0.15, 0.2) is 0 Å². The molecule has 0 aromatic heterocycles. The number of aliphatic hydroxyl groups excluding tert-OH is 7. The summed E-state index contributed by atoms with van der Waals surface area (Å²) in [4.78, 5) is 0. The fourth-order valence-corrected chi connectivity index (χ4v) is 1.63. The van der Waals surface area contributed by atoms with Gasteiger partial charge in [-0.05, 0) is 0 Å². The van der Waals surface area contributed by atoms with Crippen molar-refractivity contribution in [3.63, 3.8) is 0 Å². The predicted octanol–water partition coefficient (Wildman–Crippen LogP) is -4.48. The van der Waals surface area contributed by atoms with Crippen LogP contribution in [-0.4, -0.2) is 98.5 Å². The molecule has 1 aliphatic heterocycles. The van der Waals surface area contributed by atoms with Gasteiger partial charge in [0.25, 0.3) is 0 Å². The lowest BCUT2D eigenvalue weighted by molar-refractivity contribution is -0.306. The maximum absolute atomic E-state index is 9.59. The maximum atomic E-state index is 9.59. The van der Waals surface area contributed by atoms with Gasteiger partial charge in [-0.15, -0.1) is 0 Å². The molecule has 1 rings (SSSR count). The summed E-state index contributed by atoms with van der Waals surface area (Å²) in [6, 6.07) is 0. The second-order valence-corrected chi connectivity index (χ2v) is 4.35. The van der Waals surface area contributed by atoms with E-state index < -0.39 is 62.7 Å². The lowest BCUT2D eigenvalue weighted by Crippen LogP contribution is -2.59. The van der Waals surface area contributed by atoms with Crippen molar-refractivity contribution < 1.29 is 45.2 Å². The average Bonchev–Trinajstić information content (AvgIpc) is 2.42. The van der Waals surface area contributed by atoms with Gasteiger partial charge in [0.1, 0.15) is 36.6 Å². The molecular weight excluding hydrogens is 264 g/mol. The van der Waals surface area contributed by atoms with Gasteiger partial charge in [0, 0.05) is 0 Å². The Morgan fingerprint density at radius 2 is 1.58 bits per heavy atom. The van der Waals surface area contributed by atoms with Gasteiger partial charge < -0.3 is 45.2 Å². The topological polar surface area (TPSA) is 160 Å². The van der Waals surface area contributed by atoms with Gasteiger partial charge in [-0.1, -0.05) is 0 Å². The minimum Gasteiger partial charge on any atom is -0.394 e. The third kappa shape index (κ3) is 4.05. The van der Waals surface area contributed by atoms with Crippen molar-refractivity contribution in [1.29, 1.82) is 0 Å². The fourth-order valence-electron chi connectivity index (χ4n) is 1.63. The van der Waals surface area contributed by atoms with Crippen molar-refractivity contribution in [2.75, 3.05) is 19.8 Å². The van der Waals surface area contributed by atoms with Crippen molar-refractivity contribution in [3.8, 4) is 0 Å². The van der Waals surface area contributed by atoms with E-state index in [-0.39, 0.29) is 0 Å². The minimum absolute atomic E-state index is 0.468. The van der Waals surface area contributed by atoms with Crippen LogP contribution in [0.3, 0.4) is 0 Å². The number of hydrogen-bond donors (Lipinski definition) is 7. The summed E-state index contributed by atoms with van der Waals surface area (Å²) in [6.07, 6.45) is -9.94. The Kier molecular flexibility index (Phi) is 6.53. The van der Waals surface area contributed by atoms with E-state index in [1.54, 1.807) is 0 Å². The maximum Gasteiger partial charge on any atom is 0.186 e. The second kappa shape index (κ2) is 7.43. The zero-order valence-corrected chi connectivity index (χ0v) is 10.1. The third-order valence-corrected chi connectivity index (χ3v) is 2.91. The standard InChI is InChI=1S/C10H20O9/c11-1-4(13)5(14)3-18-10-9(17)8(16)7(15)6(2-12)19-10/h4-17H,1-3H2/t4-,5+,6+,7+,8-,9+,10-/m0/s1. The highest BCUT2D eigenvalue weighted by molar-refractivity contribution is 4.89. The van der Waals surface area contributed by atoms with E-state index in [1.807, 2.05) is 0 Å². The molecule has 1 saturated heterocycles. The Morgan fingerprint density at radius 1 is 0.947 bits per heavy atom. The van der Waals surface area contributed by atoms with Crippen LogP contribution in [0.1, 0.15) is 0 Å². The molecule has 114 valence electrons. The number of ether oxygens (including phenoxy) is 2. The molecule has 0 unspecified atom stereocenters. The Hall–Kier alpha value is -0.360. The Labute approximate surface area is 109 Å². The summed E-state index contributed by atoms with van der Waals surface area (Å²) in [5, 5.41) is 64.5. The van der Waals surface area contributed by atoms with E-state index in [4.69, 9.17) is 24.8 Å². The van der Waals surface area contributed by atoms with Gasteiger partial charge >= 0.3 is 0 Å². The number of rotatable bonds is 6. The van der Waals surface area contributed by atoms with Crippen LogP contribution >= 0.6 is 0 Å². The summed E-state index contributed by atoms with van der Waals surface area (Å²) >= 11 is 0. The van der Waals surface area contributed by atoms with Crippen LogP contribution in [0.2, 0.25) is 0 Å². The van der Waals surface area contributed by atoms with Crippen molar-refractivity contribution in [3.05, 3.63) is 0 Å². The molecule has 0 radical (unpaired) electrons. The quantitative estimate of drug-likeness (QED) is 0.255. The highest BCUT2D eigenvalue weighted by atomic mass is 16.7. The molecule has 7 atom stereocenters. The Morgan fingerprint density at radius 3 is 2.11 bits per heavy atom. The van der Waals surface area contributed by atoms with Crippen LogP contribution in [0.25, 0.3) is 0 Å². The number of hydrogen-bond acceptors (Lipinski definition) is 9. The summed E-state index contributed by atoms with van der Waals surface area (Å²) in [7, 11) is 0. The van der Waals surface area contributed by atoms with Gasteiger partial charge in [0.2, 0.25) is 0 Å². The van der Waals surface area contributed by atoms with E-state index >= 15 is 0 Å². The second-order valence-electron chi connectivity index (χ2n) is 4.35. The van der Waals surface area contributed by atoms with Gasteiger partial charge in [0.15, 0.2) is 6.29 Å². The molecule has 0 spiro atoms. The van der Waals surface area contributed by atoms with Crippen LogP contribution in [0.4, 0.5) is 0 Å². The molecule has 0 aromatic carbocycles. The molecular formula is C10H20O9. The SMILES string of the molecule is OC[C@H](O)[C@H](O)CO[C@H]1O[C@H](CO)[C@@H](O)[C@H](O)[C@H]1O. The minimum atomic E-state index is -1.57. The average molecular weight is 284 g/mol. The van der Waals surface area contributed by atoms with Gasteiger partial charge in [-0.3, -0.25) is 0 Å². The smallest absolute Gasteiger partial charge is 0.186 e. The van der Waals surface area contributed by atoms with Crippen LogP contribution in [-0.2, 0) is 9.47 Å². The molecule has 0 aliphatic carbocycles. The van der Waals surface area contributed by atoms with Crippen molar-refractivity contribution in [2.45, 2.75) is 42.9 Å². The van der Waals surface area contributed by atoms with Crippen LogP contribution in [0.5, 0.6) is 0 Å². The molecule has 0 aromatic rings. The van der Waals surface area contributed by atoms with Crippen LogP contribution < -0.4 is 0 Å². The van der Waals surface area contributed by atoms with Gasteiger partial charge in [-0.2, -0.15) is 0 Å². The monoisotopic (exact) mass is 284 g/mol. The Bertz CT molecular complexity index is 261. The zero-order chi connectivity index (χ0) is 14.6. The largest absolute Gasteiger partial charge is 0.394 e. The molecule has 1 fully saturated rings. The first-order valence-electron chi connectivity index (χ1n) is 5.81. The molecule has 1 aliphatic rings. The first kappa shape index (κ1) is 16.7. The first-order chi connectivity index (χ1) is 8.92. The summed E-state index contributed by atoms with van der Waals surface area (Å²) in [5.74, 6) is 0. The molecule has 0 saturated carbocycles. The molecule has 0 bridgehead atoms. The molecule has 0 amide bonds. The highest BCUT2D eigenvalue weighted by Crippen LogP contribution is 2.22. The van der Waals surface area contributed by atoms with E-state index in [1.165, 1.54) is 0 Å². The fraction of sp³-hybridized carbons (Fsp3) is 1.00. The molecule has 9 heteroatoms. The highest BCUT2D eigenvalue weighted by Gasteiger charge is 2.44. The zero-order valence-electron chi connectivity index (χ0n) is 10.1. The molecule has 19 heavy (non-hydrogen) atoms. The Balaban J connectivity index is 2.52. The summed E-state index contributed by atoms with van der Waals surface area (Å²) in [6.45, 7) is -1.73. The van der Waals surface area contributed by atoms with E-state index in [0.717, 1.165) is 0 Å². The molecule has 9 nitrogen and oxygen atoms in total. The molecule has 7 N–H and O–H groups in total. The van der Waals surface area contributed by atoms with Gasteiger partial charge in [-0.25, -0.2) is 0 Å². The van der Waals surface area contributed by atoms with Crippen molar-refractivity contribution in [1.82, 2.24) is 0 Å². The number of aliphatic hydroxyl groups is 7. The normalized spacial score (nSPS) is 39.0. The first-order valence-corrected chi connectivity index (χ1v) is 5.81.